The molecule has 0 atom stereocenters. The Labute approximate surface area is 91.7 Å². The predicted octanol–water partition coefficient (Wildman–Crippen LogP) is 2.82. The molecule has 0 fully saturated rings. The first-order valence-electron chi connectivity index (χ1n) is 4.87. The van der Waals surface area contributed by atoms with Crippen LogP contribution in [0.2, 0.25) is 0 Å². The van der Waals surface area contributed by atoms with Crippen molar-refractivity contribution >= 4 is 0 Å². The number of hydrogen-bond donors (Lipinski definition) is 0. The van der Waals surface area contributed by atoms with Gasteiger partial charge in [0.15, 0.2) is 0 Å². The van der Waals surface area contributed by atoms with Crippen LogP contribution in [0, 0.1) is 13.8 Å². The lowest BCUT2D eigenvalue weighted by molar-refractivity contribution is 0.151. The van der Waals surface area contributed by atoms with E-state index in [-0.39, 0.29) is 5.56 Å². The molecule has 0 spiro atoms. The summed E-state index contributed by atoms with van der Waals surface area (Å²) in [6, 6.07) is 6.03. The molecule has 0 saturated heterocycles. The molecule has 0 amide bonds. The summed E-state index contributed by atoms with van der Waals surface area (Å²) in [6.07, 6.45) is -2.44. The highest BCUT2D eigenvalue weighted by atomic mass is 19.3. The lowest BCUT2D eigenvalue weighted by atomic mass is 10.2. The fourth-order valence-electron chi connectivity index (χ4n) is 1.41. The Bertz CT molecular complexity index is 488. The van der Waals surface area contributed by atoms with Gasteiger partial charge in [0.25, 0.3) is 6.43 Å². The topological polar surface area (TPSA) is 30.7 Å². The molecule has 0 N–H and O–H groups in total. The second-order valence-corrected chi connectivity index (χ2v) is 3.56. The quantitative estimate of drug-likeness (QED) is 0.783. The first-order chi connectivity index (χ1) is 7.59. The van der Waals surface area contributed by atoms with Crippen molar-refractivity contribution in [2.45, 2.75) is 20.3 Å². The number of aryl methyl sites for hydroxylation is 1. The van der Waals surface area contributed by atoms with Crippen LogP contribution >= 0.6 is 0 Å². The zero-order valence-electron chi connectivity index (χ0n) is 8.98. The van der Waals surface area contributed by atoms with E-state index in [1.807, 2.05) is 13.8 Å². The Morgan fingerprint density at radius 3 is 2.19 bits per heavy atom. The van der Waals surface area contributed by atoms with E-state index in [2.05, 4.69) is 10.3 Å². The van der Waals surface area contributed by atoms with Crippen LogP contribution in [0.4, 0.5) is 8.78 Å². The second kappa shape index (κ2) is 4.00. The molecule has 0 aliphatic heterocycles. The van der Waals surface area contributed by atoms with Gasteiger partial charge in [0.2, 0.25) is 0 Å². The molecule has 0 aliphatic carbocycles. The van der Waals surface area contributed by atoms with E-state index < -0.39 is 6.43 Å². The Morgan fingerprint density at radius 1 is 1.12 bits per heavy atom. The third-order valence-corrected chi connectivity index (χ3v) is 2.52. The summed E-state index contributed by atoms with van der Waals surface area (Å²) in [5.41, 5.74) is 2.49. The minimum absolute atomic E-state index is 0.0123. The summed E-state index contributed by atoms with van der Waals surface area (Å²) in [4.78, 5) is 0. The molecule has 0 bridgehead atoms. The molecular formula is C11H11F2N3. The molecule has 0 radical (unpaired) electrons. The van der Waals surface area contributed by atoms with Crippen LogP contribution in [0.25, 0.3) is 5.69 Å². The summed E-state index contributed by atoms with van der Waals surface area (Å²) in [5.74, 6) is 0. The van der Waals surface area contributed by atoms with E-state index in [0.717, 1.165) is 17.1 Å². The Morgan fingerprint density at radius 2 is 1.75 bits per heavy atom. The normalized spacial score (nSPS) is 11.1. The molecule has 3 nitrogen and oxygen atoms in total. The number of alkyl halides is 2. The maximum atomic E-state index is 12.3. The minimum Gasteiger partial charge on any atom is -0.218 e. The predicted molar refractivity (Wildman–Crippen MR) is 55.8 cm³/mol. The Balaban J connectivity index is 2.38. The standard InChI is InChI=1S/C11H11F2N3/c1-7-8(2)16(15-14-7)10-5-3-9(4-6-10)11(12)13/h3-6,11H,1-2H3. The molecule has 0 aliphatic rings. The van der Waals surface area contributed by atoms with Crippen molar-refractivity contribution in [1.29, 1.82) is 0 Å². The first-order valence-corrected chi connectivity index (χ1v) is 4.87. The van der Waals surface area contributed by atoms with Crippen LogP contribution in [0.15, 0.2) is 24.3 Å². The second-order valence-electron chi connectivity index (χ2n) is 3.56. The van der Waals surface area contributed by atoms with Gasteiger partial charge in [-0.25, -0.2) is 13.5 Å². The number of rotatable bonds is 2. The summed E-state index contributed by atoms with van der Waals surface area (Å²) < 4.78 is 26.3. The molecule has 2 aromatic rings. The molecule has 84 valence electrons. The fraction of sp³-hybridized carbons (Fsp3) is 0.273. The number of aromatic nitrogens is 3. The molecule has 0 unspecified atom stereocenters. The molecule has 5 heteroatoms. The summed E-state index contributed by atoms with van der Waals surface area (Å²) in [5, 5.41) is 7.85. The average Bonchev–Trinajstić information content (AvgIpc) is 2.60. The van der Waals surface area contributed by atoms with Gasteiger partial charge in [0.05, 0.1) is 17.1 Å². The van der Waals surface area contributed by atoms with Gasteiger partial charge in [0.1, 0.15) is 0 Å². The molecule has 1 aromatic carbocycles. The largest absolute Gasteiger partial charge is 0.263 e. The maximum absolute atomic E-state index is 12.3. The number of nitrogens with zero attached hydrogens (tertiary/aromatic N) is 3. The molecular weight excluding hydrogens is 212 g/mol. The van der Waals surface area contributed by atoms with E-state index >= 15 is 0 Å². The maximum Gasteiger partial charge on any atom is 0.263 e. The third kappa shape index (κ3) is 1.80. The van der Waals surface area contributed by atoms with Crippen molar-refractivity contribution < 1.29 is 8.78 Å². The lowest BCUT2D eigenvalue weighted by Gasteiger charge is -2.04. The van der Waals surface area contributed by atoms with E-state index in [4.69, 9.17) is 0 Å². The third-order valence-electron chi connectivity index (χ3n) is 2.52. The molecule has 16 heavy (non-hydrogen) atoms. The molecule has 2 rings (SSSR count). The highest BCUT2D eigenvalue weighted by Crippen LogP contribution is 2.20. The lowest BCUT2D eigenvalue weighted by Crippen LogP contribution is -1.99. The van der Waals surface area contributed by atoms with Crippen molar-refractivity contribution in [2.24, 2.45) is 0 Å². The van der Waals surface area contributed by atoms with Gasteiger partial charge >= 0.3 is 0 Å². The van der Waals surface area contributed by atoms with Gasteiger partial charge < -0.3 is 0 Å². The Kier molecular flexibility index (Phi) is 2.68. The van der Waals surface area contributed by atoms with Crippen molar-refractivity contribution in [2.75, 3.05) is 0 Å². The highest BCUT2D eigenvalue weighted by Gasteiger charge is 2.09. The van der Waals surface area contributed by atoms with E-state index in [1.165, 1.54) is 12.1 Å². The van der Waals surface area contributed by atoms with Gasteiger partial charge in [-0.2, -0.15) is 0 Å². The van der Waals surface area contributed by atoms with E-state index in [9.17, 15) is 8.78 Å². The molecule has 0 saturated carbocycles. The SMILES string of the molecule is Cc1nnn(-c2ccc(C(F)F)cc2)c1C. The van der Waals surface area contributed by atoms with Crippen LogP contribution in [-0.4, -0.2) is 15.0 Å². The van der Waals surface area contributed by atoms with Crippen LogP contribution in [-0.2, 0) is 0 Å². The summed E-state index contributed by atoms with van der Waals surface area (Å²) in [7, 11) is 0. The van der Waals surface area contributed by atoms with Crippen molar-refractivity contribution in [3.63, 3.8) is 0 Å². The minimum atomic E-state index is -2.44. The van der Waals surface area contributed by atoms with Gasteiger partial charge in [-0.3, -0.25) is 0 Å². The van der Waals surface area contributed by atoms with Crippen LogP contribution < -0.4 is 0 Å². The van der Waals surface area contributed by atoms with Crippen molar-refractivity contribution in [1.82, 2.24) is 15.0 Å². The van der Waals surface area contributed by atoms with E-state index in [0.29, 0.717) is 0 Å². The van der Waals surface area contributed by atoms with Gasteiger partial charge in [0, 0.05) is 5.56 Å². The molecule has 1 aromatic heterocycles. The van der Waals surface area contributed by atoms with Crippen molar-refractivity contribution in [3.05, 3.63) is 41.2 Å². The summed E-state index contributed by atoms with van der Waals surface area (Å²) in [6.45, 7) is 3.74. The average molecular weight is 223 g/mol. The fourth-order valence-corrected chi connectivity index (χ4v) is 1.41. The Hall–Kier alpha value is -1.78. The number of hydrogen-bond acceptors (Lipinski definition) is 2. The monoisotopic (exact) mass is 223 g/mol. The smallest absolute Gasteiger partial charge is 0.218 e. The van der Waals surface area contributed by atoms with Crippen molar-refractivity contribution in [3.8, 4) is 5.69 Å². The van der Waals surface area contributed by atoms with Crippen LogP contribution in [0.3, 0.4) is 0 Å². The summed E-state index contributed by atoms with van der Waals surface area (Å²) >= 11 is 0. The zero-order valence-corrected chi connectivity index (χ0v) is 8.98. The first kappa shape index (κ1) is 10.7. The molecule has 1 heterocycles. The van der Waals surface area contributed by atoms with Crippen LogP contribution in [0.1, 0.15) is 23.4 Å². The van der Waals surface area contributed by atoms with Gasteiger partial charge in [-0.05, 0) is 26.0 Å². The van der Waals surface area contributed by atoms with E-state index in [1.54, 1.807) is 16.8 Å². The number of benzene rings is 1. The van der Waals surface area contributed by atoms with Gasteiger partial charge in [-0.15, -0.1) is 5.10 Å². The van der Waals surface area contributed by atoms with Crippen LogP contribution in [0.5, 0.6) is 0 Å². The number of halogens is 2. The zero-order chi connectivity index (χ0) is 11.7. The van der Waals surface area contributed by atoms with Gasteiger partial charge in [-0.1, -0.05) is 17.3 Å². The highest BCUT2D eigenvalue weighted by molar-refractivity contribution is 5.35.